The number of hydrogen-bond donors (Lipinski definition) is 2. The van der Waals surface area contributed by atoms with Crippen LogP contribution in [0.15, 0.2) is 48.5 Å². The fourth-order valence-corrected chi connectivity index (χ4v) is 1.85. The Hall–Kier alpha value is -2.20. The summed E-state index contributed by atoms with van der Waals surface area (Å²) in [6.45, 7) is 1.84. The van der Waals surface area contributed by atoms with Crippen LogP contribution in [0.2, 0.25) is 0 Å². The maximum absolute atomic E-state index is 9.63. The molecule has 20 heavy (non-hydrogen) atoms. The molecule has 2 aromatic carbocycles. The number of phenols is 1. The first kappa shape index (κ1) is 14.2. The minimum Gasteiger partial charge on any atom is -0.508 e. The van der Waals surface area contributed by atoms with E-state index in [2.05, 4.69) is 5.32 Å². The molecule has 0 unspecified atom stereocenters. The molecule has 4 heteroatoms. The number of rotatable bonds is 7. The molecule has 0 saturated heterocycles. The van der Waals surface area contributed by atoms with Crippen molar-refractivity contribution in [1.82, 2.24) is 5.32 Å². The largest absolute Gasteiger partial charge is 0.508 e. The van der Waals surface area contributed by atoms with Gasteiger partial charge in [0.05, 0.1) is 7.11 Å². The lowest BCUT2D eigenvalue weighted by atomic mass is 10.2. The Kier molecular flexibility index (Phi) is 5.26. The lowest BCUT2D eigenvalue weighted by molar-refractivity contribution is 0.292. The van der Waals surface area contributed by atoms with Crippen LogP contribution >= 0.6 is 0 Å². The molecule has 0 bridgehead atoms. The second-order valence-electron chi connectivity index (χ2n) is 4.30. The molecule has 0 aromatic heterocycles. The van der Waals surface area contributed by atoms with Gasteiger partial charge < -0.3 is 19.9 Å². The molecule has 0 amide bonds. The van der Waals surface area contributed by atoms with Crippen LogP contribution in [-0.2, 0) is 6.54 Å². The first-order chi connectivity index (χ1) is 9.81. The highest BCUT2D eigenvalue weighted by molar-refractivity contribution is 5.39. The fraction of sp³-hybridized carbons (Fsp3) is 0.250. The zero-order valence-electron chi connectivity index (χ0n) is 11.5. The van der Waals surface area contributed by atoms with E-state index in [0.29, 0.717) is 25.4 Å². The van der Waals surface area contributed by atoms with Crippen LogP contribution in [0.1, 0.15) is 5.56 Å². The topological polar surface area (TPSA) is 50.7 Å². The summed E-state index contributed by atoms with van der Waals surface area (Å²) in [5.41, 5.74) is 0.879. The summed E-state index contributed by atoms with van der Waals surface area (Å²) in [6, 6.07) is 14.8. The molecule has 0 fully saturated rings. The standard InChI is InChI=1S/C16H19NO3/c1-19-15-8-4-5-9-16(15)20-11-10-17-12-13-6-2-3-7-14(13)18/h2-9,17-18H,10-12H2,1H3. The normalized spacial score (nSPS) is 10.2. The molecule has 106 valence electrons. The molecule has 0 aliphatic heterocycles. The van der Waals surface area contributed by atoms with E-state index in [1.165, 1.54) is 0 Å². The van der Waals surface area contributed by atoms with Crippen LogP contribution in [0.3, 0.4) is 0 Å². The molecule has 0 aliphatic rings. The predicted molar refractivity (Wildman–Crippen MR) is 78.3 cm³/mol. The summed E-state index contributed by atoms with van der Waals surface area (Å²) < 4.78 is 10.9. The lowest BCUT2D eigenvalue weighted by Crippen LogP contribution is -2.20. The van der Waals surface area contributed by atoms with Crippen LogP contribution in [0.4, 0.5) is 0 Å². The Balaban J connectivity index is 1.73. The van der Waals surface area contributed by atoms with Gasteiger partial charge in [0, 0.05) is 18.7 Å². The van der Waals surface area contributed by atoms with Crippen molar-refractivity contribution in [2.75, 3.05) is 20.3 Å². The van der Waals surface area contributed by atoms with Crippen molar-refractivity contribution in [2.45, 2.75) is 6.54 Å². The smallest absolute Gasteiger partial charge is 0.161 e. The van der Waals surface area contributed by atoms with Gasteiger partial charge in [-0.05, 0) is 18.2 Å². The Labute approximate surface area is 119 Å². The van der Waals surface area contributed by atoms with Crippen molar-refractivity contribution in [3.63, 3.8) is 0 Å². The average Bonchev–Trinajstić information content (AvgIpc) is 2.49. The van der Waals surface area contributed by atoms with E-state index in [1.807, 2.05) is 42.5 Å². The third-order valence-electron chi connectivity index (χ3n) is 2.91. The summed E-state index contributed by atoms with van der Waals surface area (Å²) in [4.78, 5) is 0. The van der Waals surface area contributed by atoms with Crippen molar-refractivity contribution < 1.29 is 14.6 Å². The van der Waals surface area contributed by atoms with Gasteiger partial charge in [-0.2, -0.15) is 0 Å². The van der Waals surface area contributed by atoms with E-state index in [4.69, 9.17) is 9.47 Å². The van der Waals surface area contributed by atoms with Crippen LogP contribution in [0, 0.1) is 0 Å². The minimum atomic E-state index is 0.311. The summed E-state index contributed by atoms with van der Waals surface area (Å²) in [7, 11) is 1.62. The molecule has 0 heterocycles. The molecule has 0 atom stereocenters. The van der Waals surface area contributed by atoms with E-state index in [-0.39, 0.29) is 0 Å². The SMILES string of the molecule is COc1ccccc1OCCNCc1ccccc1O. The van der Waals surface area contributed by atoms with E-state index in [0.717, 1.165) is 17.1 Å². The first-order valence-electron chi connectivity index (χ1n) is 6.54. The maximum Gasteiger partial charge on any atom is 0.161 e. The molecule has 4 nitrogen and oxygen atoms in total. The predicted octanol–water partition coefficient (Wildman–Crippen LogP) is 2.57. The van der Waals surface area contributed by atoms with Crippen molar-refractivity contribution in [1.29, 1.82) is 0 Å². The molecule has 2 N–H and O–H groups in total. The molecule has 2 rings (SSSR count). The number of phenolic OH excluding ortho intramolecular Hbond substituents is 1. The van der Waals surface area contributed by atoms with Crippen molar-refractivity contribution >= 4 is 0 Å². The highest BCUT2D eigenvalue weighted by atomic mass is 16.5. The molecule has 0 spiro atoms. The zero-order chi connectivity index (χ0) is 14.2. The maximum atomic E-state index is 9.63. The van der Waals surface area contributed by atoms with Gasteiger partial charge in [-0.15, -0.1) is 0 Å². The second kappa shape index (κ2) is 7.40. The number of methoxy groups -OCH3 is 1. The number of para-hydroxylation sites is 3. The quantitative estimate of drug-likeness (QED) is 0.761. The highest BCUT2D eigenvalue weighted by Gasteiger charge is 2.02. The Morgan fingerprint density at radius 3 is 2.45 bits per heavy atom. The third-order valence-corrected chi connectivity index (χ3v) is 2.91. The van der Waals surface area contributed by atoms with Gasteiger partial charge in [0.15, 0.2) is 11.5 Å². The monoisotopic (exact) mass is 273 g/mol. The first-order valence-corrected chi connectivity index (χ1v) is 6.54. The van der Waals surface area contributed by atoms with Gasteiger partial charge in [-0.3, -0.25) is 0 Å². The third kappa shape index (κ3) is 3.90. The molecule has 0 saturated carbocycles. The summed E-state index contributed by atoms with van der Waals surface area (Å²) in [6.07, 6.45) is 0. The van der Waals surface area contributed by atoms with Gasteiger partial charge in [-0.25, -0.2) is 0 Å². The number of nitrogens with one attached hydrogen (secondary N) is 1. The van der Waals surface area contributed by atoms with Gasteiger partial charge in [0.2, 0.25) is 0 Å². The Morgan fingerprint density at radius 2 is 1.70 bits per heavy atom. The van der Waals surface area contributed by atoms with Crippen molar-refractivity contribution in [3.8, 4) is 17.2 Å². The van der Waals surface area contributed by atoms with E-state index in [9.17, 15) is 5.11 Å². The molecule has 0 aliphatic carbocycles. The average molecular weight is 273 g/mol. The summed E-state index contributed by atoms with van der Waals surface area (Å²) in [5, 5.41) is 12.8. The van der Waals surface area contributed by atoms with Crippen LogP contribution < -0.4 is 14.8 Å². The van der Waals surface area contributed by atoms with Crippen LogP contribution in [0.25, 0.3) is 0 Å². The number of ether oxygens (including phenoxy) is 2. The Bertz CT molecular complexity index is 543. The highest BCUT2D eigenvalue weighted by Crippen LogP contribution is 2.25. The number of benzene rings is 2. The molecular weight excluding hydrogens is 254 g/mol. The van der Waals surface area contributed by atoms with Crippen molar-refractivity contribution in [2.24, 2.45) is 0 Å². The summed E-state index contributed by atoms with van der Waals surface area (Å²) >= 11 is 0. The van der Waals surface area contributed by atoms with E-state index in [1.54, 1.807) is 13.2 Å². The van der Waals surface area contributed by atoms with Gasteiger partial charge >= 0.3 is 0 Å². The van der Waals surface area contributed by atoms with Gasteiger partial charge in [0.1, 0.15) is 12.4 Å². The molecule has 0 radical (unpaired) electrons. The summed E-state index contributed by atoms with van der Waals surface area (Å²) in [5.74, 6) is 1.78. The van der Waals surface area contributed by atoms with Crippen LogP contribution in [0.5, 0.6) is 17.2 Å². The van der Waals surface area contributed by atoms with Crippen LogP contribution in [-0.4, -0.2) is 25.4 Å². The number of hydrogen-bond acceptors (Lipinski definition) is 4. The minimum absolute atomic E-state index is 0.311. The second-order valence-corrected chi connectivity index (χ2v) is 4.30. The fourth-order valence-electron chi connectivity index (χ4n) is 1.85. The zero-order valence-corrected chi connectivity index (χ0v) is 11.5. The Morgan fingerprint density at radius 1 is 1.00 bits per heavy atom. The van der Waals surface area contributed by atoms with E-state index < -0.39 is 0 Å². The molecule has 2 aromatic rings. The molecular formula is C16H19NO3. The van der Waals surface area contributed by atoms with Gasteiger partial charge in [0.25, 0.3) is 0 Å². The van der Waals surface area contributed by atoms with Gasteiger partial charge in [-0.1, -0.05) is 30.3 Å². The lowest BCUT2D eigenvalue weighted by Gasteiger charge is -2.11. The van der Waals surface area contributed by atoms with E-state index >= 15 is 0 Å². The number of aromatic hydroxyl groups is 1. The van der Waals surface area contributed by atoms with Crippen molar-refractivity contribution in [3.05, 3.63) is 54.1 Å².